The number of hydrogen-bond acceptors (Lipinski definition) is 4. The van der Waals surface area contributed by atoms with E-state index >= 15 is 0 Å². The highest BCUT2D eigenvalue weighted by molar-refractivity contribution is 5.14. The quantitative estimate of drug-likeness (QED) is 0.896. The molecule has 1 N–H and O–H groups in total. The van der Waals surface area contributed by atoms with E-state index in [1.807, 2.05) is 0 Å². The zero-order chi connectivity index (χ0) is 15.4. The molecule has 22 heavy (non-hydrogen) atoms. The summed E-state index contributed by atoms with van der Waals surface area (Å²) in [4.78, 5) is 5.10. The van der Waals surface area contributed by atoms with Gasteiger partial charge in [0.15, 0.2) is 0 Å². The Balaban J connectivity index is 1.56. The molecule has 0 aromatic heterocycles. The van der Waals surface area contributed by atoms with Gasteiger partial charge in [-0.2, -0.15) is 0 Å². The number of aliphatic hydroxyl groups excluding tert-OH is 1. The highest BCUT2D eigenvalue weighted by Crippen LogP contribution is 2.28. The molecular formula is C18H28N2O2. The number of aliphatic hydroxyl groups is 1. The van der Waals surface area contributed by atoms with Crippen molar-refractivity contribution < 1.29 is 9.84 Å². The summed E-state index contributed by atoms with van der Waals surface area (Å²) in [6.45, 7) is 9.30. The van der Waals surface area contributed by atoms with Crippen LogP contribution in [0, 0.1) is 5.41 Å². The molecule has 0 radical (unpaired) electrons. The Morgan fingerprint density at radius 2 is 1.95 bits per heavy atom. The molecular weight excluding hydrogens is 276 g/mol. The summed E-state index contributed by atoms with van der Waals surface area (Å²) in [5, 5.41) is 9.62. The maximum atomic E-state index is 9.62. The van der Waals surface area contributed by atoms with Crippen LogP contribution in [0.1, 0.15) is 18.9 Å². The van der Waals surface area contributed by atoms with Crippen molar-refractivity contribution in [2.24, 2.45) is 5.41 Å². The van der Waals surface area contributed by atoms with E-state index in [1.54, 1.807) is 0 Å². The third-order valence-corrected chi connectivity index (χ3v) is 5.13. The molecule has 4 heteroatoms. The lowest BCUT2D eigenvalue weighted by Crippen LogP contribution is -2.53. The van der Waals surface area contributed by atoms with Crippen LogP contribution in [0.4, 0.5) is 0 Å². The standard InChI is InChI=1S/C18H28N2O2/c1-16-7-8-19(12-18(13-21)14-22-15-18)9-10-20(16)11-17-5-3-2-4-6-17/h2-6,16,21H,7-15H2,1H3. The number of hydrogen-bond donors (Lipinski definition) is 1. The molecule has 122 valence electrons. The van der Waals surface area contributed by atoms with Crippen LogP contribution in [0.25, 0.3) is 0 Å². The third kappa shape index (κ3) is 3.69. The van der Waals surface area contributed by atoms with E-state index in [2.05, 4.69) is 47.1 Å². The van der Waals surface area contributed by atoms with Gasteiger partial charge in [0, 0.05) is 32.2 Å². The van der Waals surface area contributed by atoms with Gasteiger partial charge in [0.2, 0.25) is 0 Å². The van der Waals surface area contributed by atoms with Crippen LogP contribution in [0.15, 0.2) is 30.3 Å². The first-order valence-corrected chi connectivity index (χ1v) is 8.40. The molecule has 1 atom stereocenters. The van der Waals surface area contributed by atoms with Crippen LogP contribution < -0.4 is 0 Å². The zero-order valence-corrected chi connectivity index (χ0v) is 13.6. The van der Waals surface area contributed by atoms with Crippen LogP contribution in [0.2, 0.25) is 0 Å². The molecule has 2 aliphatic heterocycles. The van der Waals surface area contributed by atoms with E-state index in [1.165, 1.54) is 12.0 Å². The molecule has 2 aliphatic rings. The van der Waals surface area contributed by atoms with Crippen LogP contribution in [-0.4, -0.2) is 66.9 Å². The molecule has 2 heterocycles. The van der Waals surface area contributed by atoms with Crippen molar-refractivity contribution in [1.82, 2.24) is 9.80 Å². The highest BCUT2D eigenvalue weighted by Gasteiger charge is 2.40. The maximum absolute atomic E-state index is 9.62. The van der Waals surface area contributed by atoms with Gasteiger partial charge in [0.1, 0.15) is 0 Å². The minimum Gasteiger partial charge on any atom is -0.396 e. The van der Waals surface area contributed by atoms with Gasteiger partial charge in [-0.1, -0.05) is 30.3 Å². The van der Waals surface area contributed by atoms with Gasteiger partial charge < -0.3 is 14.7 Å². The second-order valence-electron chi connectivity index (χ2n) is 7.02. The Morgan fingerprint density at radius 1 is 1.18 bits per heavy atom. The van der Waals surface area contributed by atoms with Crippen molar-refractivity contribution in [2.45, 2.75) is 25.9 Å². The summed E-state index contributed by atoms with van der Waals surface area (Å²) in [6, 6.07) is 11.3. The van der Waals surface area contributed by atoms with Crippen molar-refractivity contribution in [2.75, 3.05) is 46.0 Å². The fraction of sp³-hybridized carbons (Fsp3) is 0.667. The van der Waals surface area contributed by atoms with Crippen LogP contribution in [0.3, 0.4) is 0 Å². The van der Waals surface area contributed by atoms with Crippen molar-refractivity contribution in [3.8, 4) is 0 Å². The second-order valence-corrected chi connectivity index (χ2v) is 7.02. The number of rotatable bonds is 5. The SMILES string of the molecule is CC1CCN(CC2(CO)COC2)CCN1Cc1ccccc1. The summed E-state index contributed by atoms with van der Waals surface area (Å²) in [6.07, 6.45) is 1.19. The summed E-state index contributed by atoms with van der Waals surface area (Å²) in [5.41, 5.74) is 1.39. The summed E-state index contributed by atoms with van der Waals surface area (Å²) in [7, 11) is 0. The monoisotopic (exact) mass is 304 g/mol. The highest BCUT2D eigenvalue weighted by atomic mass is 16.5. The van der Waals surface area contributed by atoms with Crippen LogP contribution >= 0.6 is 0 Å². The number of ether oxygens (including phenoxy) is 1. The van der Waals surface area contributed by atoms with E-state index < -0.39 is 0 Å². The Kier molecular flexibility index (Phi) is 5.14. The predicted molar refractivity (Wildman–Crippen MR) is 87.7 cm³/mol. The van der Waals surface area contributed by atoms with E-state index in [4.69, 9.17) is 4.74 Å². The Morgan fingerprint density at radius 3 is 2.59 bits per heavy atom. The van der Waals surface area contributed by atoms with E-state index in [-0.39, 0.29) is 12.0 Å². The molecule has 1 aromatic carbocycles. The molecule has 1 aromatic rings. The van der Waals surface area contributed by atoms with E-state index in [0.29, 0.717) is 19.3 Å². The minimum absolute atomic E-state index is 0.00214. The number of benzene rings is 1. The number of nitrogens with zero attached hydrogens (tertiary/aromatic N) is 2. The van der Waals surface area contributed by atoms with Crippen molar-refractivity contribution in [3.63, 3.8) is 0 Å². The molecule has 1 unspecified atom stereocenters. The first-order chi connectivity index (χ1) is 10.7. The fourth-order valence-corrected chi connectivity index (χ4v) is 3.46. The van der Waals surface area contributed by atoms with Gasteiger partial charge in [-0.25, -0.2) is 0 Å². The average Bonchev–Trinajstić information content (AvgIpc) is 2.67. The molecule has 4 nitrogen and oxygen atoms in total. The van der Waals surface area contributed by atoms with Crippen molar-refractivity contribution in [1.29, 1.82) is 0 Å². The molecule has 0 bridgehead atoms. The first kappa shape index (κ1) is 15.9. The Hall–Kier alpha value is -0.940. The van der Waals surface area contributed by atoms with Crippen LogP contribution in [-0.2, 0) is 11.3 Å². The molecule has 0 spiro atoms. The fourth-order valence-electron chi connectivity index (χ4n) is 3.46. The van der Waals surface area contributed by atoms with Crippen molar-refractivity contribution in [3.05, 3.63) is 35.9 Å². The molecule has 0 saturated carbocycles. The molecule has 0 aliphatic carbocycles. The van der Waals surface area contributed by atoms with Gasteiger partial charge in [0.25, 0.3) is 0 Å². The smallest absolute Gasteiger partial charge is 0.0579 e. The summed E-state index contributed by atoms with van der Waals surface area (Å²) >= 11 is 0. The molecule has 2 saturated heterocycles. The van der Waals surface area contributed by atoms with Crippen molar-refractivity contribution >= 4 is 0 Å². The molecule has 0 amide bonds. The van der Waals surface area contributed by atoms with Gasteiger partial charge in [-0.15, -0.1) is 0 Å². The van der Waals surface area contributed by atoms with Gasteiger partial charge in [0.05, 0.1) is 25.2 Å². The summed E-state index contributed by atoms with van der Waals surface area (Å²) in [5.74, 6) is 0. The molecule has 2 fully saturated rings. The predicted octanol–water partition coefficient (Wildman–Crippen LogP) is 1.59. The zero-order valence-electron chi connectivity index (χ0n) is 13.6. The topological polar surface area (TPSA) is 35.9 Å². The largest absolute Gasteiger partial charge is 0.396 e. The van der Waals surface area contributed by atoms with Gasteiger partial charge in [-0.05, 0) is 25.5 Å². The normalized spacial score (nSPS) is 26.4. The lowest BCUT2D eigenvalue weighted by Gasteiger charge is -2.43. The minimum atomic E-state index is -0.00214. The second kappa shape index (κ2) is 7.09. The lowest BCUT2D eigenvalue weighted by atomic mass is 9.86. The maximum Gasteiger partial charge on any atom is 0.0579 e. The Bertz CT molecular complexity index is 456. The van der Waals surface area contributed by atoms with E-state index in [9.17, 15) is 5.11 Å². The lowest BCUT2D eigenvalue weighted by molar-refractivity contribution is -0.148. The van der Waals surface area contributed by atoms with E-state index in [0.717, 1.165) is 32.7 Å². The van der Waals surface area contributed by atoms with Crippen LogP contribution in [0.5, 0.6) is 0 Å². The summed E-state index contributed by atoms with van der Waals surface area (Å²) < 4.78 is 5.33. The first-order valence-electron chi connectivity index (χ1n) is 8.40. The van der Waals surface area contributed by atoms with Gasteiger partial charge in [-0.3, -0.25) is 4.90 Å². The molecule has 3 rings (SSSR count). The third-order valence-electron chi connectivity index (χ3n) is 5.13. The average molecular weight is 304 g/mol. The van der Waals surface area contributed by atoms with Gasteiger partial charge >= 0.3 is 0 Å². The Labute approximate surface area is 133 Å².